The molecular formula is C21H30N6O. The lowest BCUT2D eigenvalue weighted by molar-refractivity contribution is 0.0963. The summed E-state index contributed by atoms with van der Waals surface area (Å²) in [5, 5.41) is 12.6. The molecule has 0 spiro atoms. The van der Waals surface area contributed by atoms with Gasteiger partial charge in [-0.3, -0.25) is 9.79 Å². The maximum atomic E-state index is 11.7. The van der Waals surface area contributed by atoms with Crippen molar-refractivity contribution >= 4 is 17.7 Å². The zero-order valence-electron chi connectivity index (χ0n) is 16.7. The summed E-state index contributed by atoms with van der Waals surface area (Å²) in [6.45, 7) is 2.50. The SMILES string of the molecule is CN=C(NCCCCNc1ccccn1)NCCc1cccc(C(=O)NC)c1. The fourth-order valence-electron chi connectivity index (χ4n) is 2.70. The molecule has 2 aromatic rings. The molecule has 7 heteroatoms. The van der Waals surface area contributed by atoms with E-state index in [0.29, 0.717) is 5.56 Å². The van der Waals surface area contributed by atoms with Crippen molar-refractivity contribution < 1.29 is 4.79 Å². The normalized spacial score (nSPS) is 11.0. The van der Waals surface area contributed by atoms with Gasteiger partial charge in [-0.15, -0.1) is 0 Å². The lowest BCUT2D eigenvalue weighted by atomic mass is 10.1. The first-order chi connectivity index (χ1) is 13.7. The van der Waals surface area contributed by atoms with Crippen molar-refractivity contribution in [1.29, 1.82) is 0 Å². The number of nitrogens with one attached hydrogen (secondary N) is 4. The Kier molecular flexibility index (Phi) is 9.34. The molecule has 0 atom stereocenters. The molecule has 1 amide bonds. The number of unbranched alkanes of at least 4 members (excludes halogenated alkanes) is 1. The van der Waals surface area contributed by atoms with Gasteiger partial charge >= 0.3 is 0 Å². The number of anilines is 1. The standard InChI is InChI=1S/C21H30N6O/c1-22-20(28)18-9-7-8-17(16-18)11-15-27-21(23-2)26-14-6-5-13-25-19-10-3-4-12-24-19/h3-4,7-10,12,16H,5-6,11,13-15H2,1-2H3,(H,22,28)(H,24,25)(H2,23,26,27). The molecule has 2 rings (SSSR count). The number of pyridine rings is 1. The quantitative estimate of drug-likeness (QED) is 0.287. The van der Waals surface area contributed by atoms with Gasteiger partial charge in [0.2, 0.25) is 0 Å². The van der Waals surface area contributed by atoms with Gasteiger partial charge in [-0.2, -0.15) is 0 Å². The summed E-state index contributed by atoms with van der Waals surface area (Å²) < 4.78 is 0. The number of hydrogen-bond donors (Lipinski definition) is 4. The zero-order valence-corrected chi connectivity index (χ0v) is 16.7. The largest absolute Gasteiger partial charge is 0.370 e. The molecule has 1 aromatic heterocycles. The Morgan fingerprint density at radius 3 is 2.61 bits per heavy atom. The van der Waals surface area contributed by atoms with Crippen LogP contribution in [0.3, 0.4) is 0 Å². The third-order valence-electron chi connectivity index (χ3n) is 4.21. The van der Waals surface area contributed by atoms with Crippen LogP contribution >= 0.6 is 0 Å². The second-order valence-electron chi connectivity index (χ2n) is 6.30. The minimum atomic E-state index is -0.0650. The highest BCUT2D eigenvalue weighted by atomic mass is 16.1. The number of benzene rings is 1. The number of aliphatic imine (C=N–C) groups is 1. The number of guanidine groups is 1. The molecule has 7 nitrogen and oxygen atoms in total. The van der Waals surface area contributed by atoms with E-state index in [1.54, 1.807) is 20.3 Å². The van der Waals surface area contributed by atoms with Crippen molar-refractivity contribution in [3.8, 4) is 0 Å². The van der Waals surface area contributed by atoms with E-state index in [1.807, 2.05) is 42.5 Å². The van der Waals surface area contributed by atoms with E-state index in [4.69, 9.17) is 0 Å². The molecule has 1 aromatic carbocycles. The first-order valence-electron chi connectivity index (χ1n) is 9.63. The number of aromatic nitrogens is 1. The van der Waals surface area contributed by atoms with Gasteiger partial charge in [-0.05, 0) is 49.1 Å². The first-order valence-corrected chi connectivity index (χ1v) is 9.63. The number of hydrogen-bond acceptors (Lipinski definition) is 4. The van der Waals surface area contributed by atoms with E-state index >= 15 is 0 Å². The van der Waals surface area contributed by atoms with Crippen molar-refractivity contribution in [3.63, 3.8) is 0 Å². The highest BCUT2D eigenvalue weighted by molar-refractivity contribution is 5.94. The first kappa shape index (κ1) is 21.2. The third kappa shape index (κ3) is 7.65. The molecule has 150 valence electrons. The number of rotatable bonds is 10. The molecule has 0 saturated carbocycles. The zero-order chi connectivity index (χ0) is 20.0. The van der Waals surface area contributed by atoms with Crippen molar-refractivity contribution in [2.24, 2.45) is 4.99 Å². The predicted octanol–water partition coefficient (Wildman–Crippen LogP) is 2.04. The van der Waals surface area contributed by atoms with Gasteiger partial charge in [-0.25, -0.2) is 4.98 Å². The van der Waals surface area contributed by atoms with Crippen LogP contribution in [0.15, 0.2) is 53.7 Å². The van der Waals surface area contributed by atoms with Crippen LogP contribution in [0.4, 0.5) is 5.82 Å². The van der Waals surface area contributed by atoms with Crippen molar-refractivity contribution in [2.45, 2.75) is 19.3 Å². The van der Waals surface area contributed by atoms with E-state index in [0.717, 1.165) is 56.2 Å². The molecule has 0 radical (unpaired) electrons. The molecule has 0 fully saturated rings. The van der Waals surface area contributed by atoms with Crippen molar-refractivity contribution in [2.75, 3.05) is 39.0 Å². The van der Waals surface area contributed by atoms with E-state index in [1.165, 1.54) is 0 Å². The number of carbonyl (C=O) groups excluding carboxylic acids is 1. The summed E-state index contributed by atoms with van der Waals surface area (Å²) in [6, 6.07) is 13.5. The van der Waals surface area contributed by atoms with E-state index in [-0.39, 0.29) is 5.91 Å². The van der Waals surface area contributed by atoms with Gasteiger partial charge < -0.3 is 21.3 Å². The van der Waals surface area contributed by atoms with Crippen LogP contribution in [-0.4, -0.2) is 50.6 Å². The van der Waals surface area contributed by atoms with Gasteiger partial charge in [0, 0.05) is 45.5 Å². The number of amides is 1. The van der Waals surface area contributed by atoms with Gasteiger partial charge in [0.15, 0.2) is 5.96 Å². The Bertz CT molecular complexity index is 748. The Labute approximate surface area is 167 Å². The van der Waals surface area contributed by atoms with E-state index in [9.17, 15) is 4.79 Å². The van der Waals surface area contributed by atoms with Gasteiger partial charge in [0.1, 0.15) is 5.82 Å². The predicted molar refractivity (Wildman–Crippen MR) is 115 cm³/mol. The average molecular weight is 383 g/mol. The smallest absolute Gasteiger partial charge is 0.251 e. The summed E-state index contributed by atoms with van der Waals surface area (Å²) >= 11 is 0. The average Bonchev–Trinajstić information content (AvgIpc) is 2.75. The molecule has 0 aliphatic heterocycles. The molecule has 0 bridgehead atoms. The Morgan fingerprint density at radius 1 is 1.04 bits per heavy atom. The summed E-state index contributed by atoms with van der Waals surface area (Å²) in [6.07, 6.45) is 4.69. The molecule has 0 unspecified atom stereocenters. The lowest BCUT2D eigenvalue weighted by Gasteiger charge is -2.12. The van der Waals surface area contributed by atoms with Gasteiger partial charge in [0.25, 0.3) is 5.91 Å². The van der Waals surface area contributed by atoms with Crippen LogP contribution in [0.5, 0.6) is 0 Å². The highest BCUT2D eigenvalue weighted by Gasteiger charge is 2.04. The summed E-state index contributed by atoms with van der Waals surface area (Å²) in [5.74, 6) is 1.64. The highest BCUT2D eigenvalue weighted by Crippen LogP contribution is 2.05. The lowest BCUT2D eigenvalue weighted by Crippen LogP contribution is -2.38. The molecule has 0 saturated heterocycles. The minimum absolute atomic E-state index is 0.0650. The molecule has 0 aliphatic rings. The second kappa shape index (κ2) is 12.3. The van der Waals surface area contributed by atoms with Crippen LogP contribution in [0.2, 0.25) is 0 Å². The Hall–Kier alpha value is -3.09. The van der Waals surface area contributed by atoms with Crippen molar-refractivity contribution in [3.05, 3.63) is 59.8 Å². The molecule has 1 heterocycles. The second-order valence-corrected chi connectivity index (χ2v) is 6.30. The molecule has 0 aliphatic carbocycles. The maximum absolute atomic E-state index is 11.7. The number of carbonyl (C=O) groups is 1. The topological polar surface area (TPSA) is 90.4 Å². The Morgan fingerprint density at radius 2 is 1.86 bits per heavy atom. The summed E-state index contributed by atoms with van der Waals surface area (Å²) in [4.78, 5) is 20.2. The van der Waals surface area contributed by atoms with Gasteiger partial charge in [-0.1, -0.05) is 18.2 Å². The van der Waals surface area contributed by atoms with Crippen LogP contribution in [0.25, 0.3) is 0 Å². The van der Waals surface area contributed by atoms with Crippen LogP contribution in [-0.2, 0) is 6.42 Å². The Balaban J connectivity index is 1.60. The minimum Gasteiger partial charge on any atom is -0.370 e. The third-order valence-corrected chi connectivity index (χ3v) is 4.21. The van der Waals surface area contributed by atoms with Crippen LogP contribution in [0, 0.1) is 0 Å². The van der Waals surface area contributed by atoms with Crippen molar-refractivity contribution in [1.82, 2.24) is 20.9 Å². The summed E-state index contributed by atoms with van der Waals surface area (Å²) in [5.41, 5.74) is 1.80. The van der Waals surface area contributed by atoms with E-state index < -0.39 is 0 Å². The fourth-order valence-corrected chi connectivity index (χ4v) is 2.70. The van der Waals surface area contributed by atoms with Gasteiger partial charge in [0.05, 0.1) is 0 Å². The molecule has 4 N–H and O–H groups in total. The fraction of sp³-hybridized carbons (Fsp3) is 0.381. The number of nitrogens with zero attached hydrogens (tertiary/aromatic N) is 2. The maximum Gasteiger partial charge on any atom is 0.251 e. The van der Waals surface area contributed by atoms with E-state index in [2.05, 4.69) is 31.2 Å². The molecular weight excluding hydrogens is 352 g/mol. The monoisotopic (exact) mass is 382 g/mol. The van der Waals surface area contributed by atoms with Crippen LogP contribution in [0.1, 0.15) is 28.8 Å². The summed E-state index contributed by atoms with van der Waals surface area (Å²) in [7, 11) is 3.41. The van der Waals surface area contributed by atoms with Crippen LogP contribution < -0.4 is 21.3 Å². The molecule has 28 heavy (non-hydrogen) atoms.